The lowest BCUT2D eigenvalue weighted by atomic mass is 9.70. The van der Waals surface area contributed by atoms with Gasteiger partial charge in [-0.25, -0.2) is 0 Å². The third-order valence-electron chi connectivity index (χ3n) is 4.65. The Bertz CT molecular complexity index is 556. The van der Waals surface area contributed by atoms with Gasteiger partial charge >= 0.3 is 0 Å². The zero-order valence-corrected chi connectivity index (χ0v) is 13.0. The number of hydrogen-bond acceptors (Lipinski definition) is 1. The maximum Gasteiger partial charge on any atom is 0.00104 e. The molecule has 0 aliphatic heterocycles. The summed E-state index contributed by atoms with van der Waals surface area (Å²) in [7, 11) is 0. The van der Waals surface area contributed by atoms with Crippen LogP contribution in [0.1, 0.15) is 38.2 Å². The first-order valence-electron chi connectivity index (χ1n) is 8.13. The standard InChI is InChI=1S/C20H25N/c1-15(2)21-14-19-12-13-20(19)18-10-8-17(9-11-18)16-6-4-3-5-7-16/h3-11,15,19-21H,12-14H2,1-2H3. The smallest absolute Gasteiger partial charge is 0.00104 e. The highest BCUT2D eigenvalue weighted by Crippen LogP contribution is 2.42. The highest BCUT2D eigenvalue weighted by molar-refractivity contribution is 5.63. The first-order valence-corrected chi connectivity index (χ1v) is 8.13. The second-order valence-corrected chi connectivity index (χ2v) is 6.49. The molecule has 1 nitrogen and oxygen atoms in total. The molecule has 1 fully saturated rings. The monoisotopic (exact) mass is 279 g/mol. The summed E-state index contributed by atoms with van der Waals surface area (Å²) in [5, 5.41) is 3.58. The Morgan fingerprint density at radius 3 is 2.14 bits per heavy atom. The normalized spacial score (nSPS) is 21.3. The van der Waals surface area contributed by atoms with Gasteiger partial charge in [-0.15, -0.1) is 0 Å². The Balaban J connectivity index is 1.67. The molecule has 2 atom stereocenters. The van der Waals surface area contributed by atoms with E-state index in [0.29, 0.717) is 6.04 Å². The molecule has 3 rings (SSSR count). The van der Waals surface area contributed by atoms with E-state index in [9.17, 15) is 0 Å². The van der Waals surface area contributed by atoms with Crippen molar-refractivity contribution in [1.82, 2.24) is 5.32 Å². The number of rotatable bonds is 5. The van der Waals surface area contributed by atoms with E-state index in [1.807, 2.05) is 0 Å². The fraction of sp³-hybridized carbons (Fsp3) is 0.400. The van der Waals surface area contributed by atoms with Crippen LogP contribution in [0.25, 0.3) is 11.1 Å². The van der Waals surface area contributed by atoms with Gasteiger partial charge in [0.1, 0.15) is 0 Å². The van der Waals surface area contributed by atoms with Crippen molar-refractivity contribution in [2.24, 2.45) is 5.92 Å². The Morgan fingerprint density at radius 1 is 0.905 bits per heavy atom. The van der Waals surface area contributed by atoms with Crippen molar-refractivity contribution >= 4 is 0 Å². The number of hydrogen-bond donors (Lipinski definition) is 1. The largest absolute Gasteiger partial charge is 0.314 e. The molecule has 110 valence electrons. The van der Waals surface area contributed by atoms with Crippen molar-refractivity contribution in [3.05, 3.63) is 60.2 Å². The topological polar surface area (TPSA) is 12.0 Å². The van der Waals surface area contributed by atoms with Gasteiger partial charge < -0.3 is 5.32 Å². The van der Waals surface area contributed by atoms with Crippen LogP contribution in [0.5, 0.6) is 0 Å². The van der Waals surface area contributed by atoms with Gasteiger partial charge in [-0.1, -0.05) is 68.4 Å². The summed E-state index contributed by atoms with van der Waals surface area (Å²) in [6.07, 6.45) is 2.71. The summed E-state index contributed by atoms with van der Waals surface area (Å²) >= 11 is 0. The molecule has 2 aromatic rings. The average Bonchev–Trinajstić information content (AvgIpc) is 2.48. The van der Waals surface area contributed by atoms with Gasteiger partial charge in [-0.2, -0.15) is 0 Å². The van der Waals surface area contributed by atoms with Crippen LogP contribution >= 0.6 is 0 Å². The fourth-order valence-corrected chi connectivity index (χ4v) is 3.19. The van der Waals surface area contributed by atoms with Gasteiger partial charge in [0.2, 0.25) is 0 Å². The lowest BCUT2D eigenvalue weighted by Crippen LogP contribution is -2.36. The van der Waals surface area contributed by atoms with Gasteiger partial charge in [-0.05, 0) is 47.9 Å². The zero-order chi connectivity index (χ0) is 14.7. The summed E-state index contributed by atoms with van der Waals surface area (Å²) < 4.78 is 0. The quantitative estimate of drug-likeness (QED) is 0.825. The molecule has 1 N–H and O–H groups in total. The van der Waals surface area contributed by atoms with E-state index in [0.717, 1.165) is 18.4 Å². The van der Waals surface area contributed by atoms with Crippen LogP contribution in [0, 0.1) is 5.92 Å². The molecule has 2 unspecified atom stereocenters. The zero-order valence-electron chi connectivity index (χ0n) is 13.0. The van der Waals surface area contributed by atoms with E-state index >= 15 is 0 Å². The molecule has 1 saturated carbocycles. The van der Waals surface area contributed by atoms with Crippen molar-refractivity contribution in [3.8, 4) is 11.1 Å². The van der Waals surface area contributed by atoms with Crippen LogP contribution in [0.3, 0.4) is 0 Å². The third kappa shape index (κ3) is 3.36. The minimum Gasteiger partial charge on any atom is -0.314 e. The Kier molecular flexibility index (Phi) is 4.40. The number of nitrogens with one attached hydrogen (secondary N) is 1. The maximum absolute atomic E-state index is 3.58. The summed E-state index contributed by atoms with van der Waals surface area (Å²) in [5.74, 6) is 1.57. The van der Waals surface area contributed by atoms with E-state index in [1.54, 1.807) is 0 Å². The molecule has 1 aliphatic rings. The first kappa shape index (κ1) is 14.3. The maximum atomic E-state index is 3.58. The fourth-order valence-electron chi connectivity index (χ4n) is 3.19. The van der Waals surface area contributed by atoms with Crippen LogP contribution in [0.2, 0.25) is 0 Å². The van der Waals surface area contributed by atoms with E-state index in [4.69, 9.17) is 0 Å². The minimum atomic E-state index is 0.590. The minimum absolute atomic E-state index is 0.590. The Hall–Kier alpha value is -1.60. The summed E-state index contributed by atoms with van der Waals surface area (Å²) in [6.45, 7) is 5.60. The van der Waals surface area contributed by atoms with Gasteiger partial charge in [-0.3, -0.25) is 0 Å². The first-order chi connectivity index (χ1) is 10.2. The van der Waals surface area contributed by atoms with Gasteiger partial charge in [0.15, 0.2) is 0 Å². The highest BCUT2D eigenvalue weighted by atomic mass is 14.9. The lowest BCUT2D eigenvalue weighted by molar-refractivity contribution is 0.241. The van der Waals surface area contributed by atoms with E-state index in [2.05, 4.69) is 73.8 Å². The van der Waals surface area contributed by atoms with Gasteiger partial charge in [0.05, 0.1) is 0 Å². The molecule has 1 aliphatic carbocycles. The second-order valence-electron chi connectivity index (χ2n) is 6.49. The Morgan fingerprint density at radius 2 is 1.57 bits per heavy atom. The van der Waals surface area contributed by atoms with E-state index < -0.39 is 0 Å². The Labute approximate surface area is 128 Å². The number of benzene rings is 2. The van der Waals surface area contributed by atoms with Crippen molar-refractivity contribution in [1.29, 1.82) is 0 Å². The molecule has 21 heavy (non-hydrogen) atoms. The SMILES string of the molecule is CC(C)NCC1CCC1c1ccc(-c2ccccc2)cc1. The van der Waals surface area contributed by atoms with Crippen LogP contribution in [-0.2, 0) is 0 Å². The summed E-state index contributed by atoms with van der Waals surface area (Å²) in [4.78, 5) is 0. The van der Waals surface area contributed by atoms with E-state index in [1.165, 1.54) is 29.5 Å². The molecule has 0 saturated heterocycles. The summed E-state index contributed by atoms with van der Waals surface area (Å²) in [5.41, 5.74) is 4.13. The predicted molar refractivity (Wildman–Crippen MR) is 90.5 cm³/mol. The molecule has 0 amide bonds. The average molecular weight is 279 g/mol. The van der Waals surface area contributed by atoms with Crippen molar-refractivity contribution in [2.45, 2.75) is 38.6 Å². The van der Waals surface area contributed by atoms with E-state index in [-0.39, 0.29) is 0 Å². The summed E-state index contributed by atoms with van der Waals surface area (Å²) in [6, 6.07) is 20.4. The molecular weight excluding hydrogens is 254 g/mol. The van der Waals surface area contributed by atoms with Gasteiger partial charge in [0, 0.05) is 6.04 Å². The van der Waals surface area contributed by atoms with Crippen molar-refractivity contribution in [2.75, 3.05) is 6.54 Å². The molecule has 0 spiro atoms. The predicted octanol–water partition coefficient (Wildman–Crippen LogP) is 4.85. The molecule has 2 aromatic carbocycles. The molecule has 0 bridgehead atoms. The van der Waals surface area contributed by atoms with Crippen molar-refractivity contribution < 1.29 is 0 Å². The van der Waals surface area contributed by atoms with Crippen LogP contribution in [-0.4, -0.2) is 12.6 Å². The highest BCUT2D eigenvalue weighted by Gasteiger charge is 2.31. The lowest BCUT2D eigenvalue weighted by Gasteiger charge is -2.38. The third-order valence-corrected chi connectivity index (χ3v) is 4.65. The molecule has 1 heteroatoms. The second kappa shape index (κ2) is 6.44. The molecular formula is C20H25N. The van der Waals surface area contributed by atoms with Crippen LogP contribution < -0.4 is 5.32 Å². The molecule has 0 heterocycles. The molecule has 0 aromatic heterocycles. The molecule has 0 radical (unpaired) electrons. The van der Waals surface area contributed by atoms with Crippen LogP contribution in [0.4, 0.5) is 0 Å². The van der Waals surface area contributed by atoms with Crippen molar-refractivity contribution in [3.63, 3.8) is 0 Å². The van der Waals surface area contributed by atoms with Gasteiger partial charge in [0.25, 0.3) is 0 Å². The van der Waals surface area contributed by atoms with Crippen LogP contribution in [0.15, 0.2) is 54.6 Å².